The Morgan fingerprint density at radius 3 is 2.37 bits per heavy atom. The third-order valence-corrected chi connectivity index (χ3v) is 4.24. The molecule has 2 amide bonds. The Balaban J connectivity index is 2.52. The number of hydrogen-bond donors (Lipinski definition) is 3. The summed E-state index contributed by atoms with van der Waals surface area (Å²) in [6.45, 7) is 7.91. The lowest BCUT2D eigenvalue weighted by atomic mass is 9.78. The molecule has 3 unspecified atom stereocenters. The normalized spacial score (nSPS) is 28.8. The summed E-state index contributed by atoms with van der Waals surface area (Å²) in [4.78, 5) is 22.9. The maximum Gasteiger partial charge on any atom is 0.326 e. The Morgan fingerprint density at radius 1 is 1.21 bits per heavy atom. The fourth-order valence-electron chi connectivity index (χ4n) is 2.65. The highest BCUT2D eigenvalue weighted by Crippen LogP contribution is 2.29. The number of aliphatic carboxylic acids is 1. The topological polar surface area (TPSA) is 78.4 Å². The van der Waals surface area contributed by atoms with Crippen LogP contribution in [-0.4, -0.2) is 29.2 Å². The van der Waals surface area contributed by atoms with Gasteiger partial charge in [0.2, 0.25) is 0 Å². The van der Waals surface area contributed by atoms with Gasteiger partial charge in [0.15, 0.2) is 0 Å². The van der Waals surface area contributed by atoms with E-state index in [0.29, 0.717) is 11.8 Å². The molecule has 0 aromatic heterocycles. The van der Waals surface area contributed by atoms with E-state index in [1.54, 1.807) is 13.8 Å². The summed E-state index contributed by atoms with van der Waals surface area (Å²) in [5, 5.41) is 14.5. The monoisotopic (exact) mass is 270 g/mol. The fourth-order valence-corrected chi connectivity index (χ4v) is 2.65. The Labute approximate surface area is 115 Å². The van der Waals surface area contributed by atoms with Crippen LogP contribution in [0.4, 0.5) is 4.79 Å². The highest BCUT2D eigenvalue weighted by molar-refractivity contribution is 5.82. The van der Waals surface area contributed by atoms with Gasteiger partial charge in [0.05, 0.1) is 0 Å². The lowest BCUT2D eigenvalue weighted by Crippen LogP contribution is -2.53. The van der Waals surface area contributed by atoms with Crippen LogP contribution >= 0.6 is 0 Å². The number of carboxylic acids is 1. The summed E-state index contributed by atoms with van der Waals surface area (Å²) >= 11 is 0. The van der Waals surface area contributed by atoms with Gasteiger partial charge in [-0.25, -0.2) is 9.59 Å². The first-order valence-electron chi connectivity index (χ1n) is 7.12. The van der Waals surface area contributed by atoms with E-state index >= 15 is 0 Å². The van der Waals surface area contributed by atoms with Crippen LogP contribution in [0.25, 0.3) is 0 Å². The smallest absolute Gasteiger partial charge is 0.326 e. The van der Waals surface area contributed by atoms with Crippen molar-refractivity contribution in [3.8, 4) is 0 Å². The summed E-state index contributed by atoms with van der Waals surface area (Å²) in [5.41, 5.74) is 0. The molecule has 19 heavy (non-hydrogen) atoms. The van der Waals surface area contributed by atoms with Crippen LogP contribution in [0.2, 0.25) is 0 Å². The number of carbonyl (C=O) groups excluding carboxylic acids is 1. The number of urea groups is 1. The predicted molar refractivity (Wildman–Crippen MR) is 73.9 cm³/mol. The molecule has 5 nitrogen and oxygen atoms in total. The molecule has 3 N–H and O–H groups in total. The second-order valence-corrected chi connectivity index (χ2v) is 6.05. The molecule has 1 saturated carbocycles. The quantitative estimate of drug-likeness (QED) is 0.733. The van der Waals surface area contributed by atoms with Crippen LogP contribution in [0.15, 0.2) is 0 Å². The summed E-state index contributed by atoms with van der Waals surface area (Å²) in [6, 6.07) is -1.06. The summed E-state index contributed by atoms with van der Waals surface area (Å²) in [7, 11) is 0. The molecule has 110 valence electrons. The number of amides is 2. The first-order valence-corrected chi connectivity index (χ1v) is 7.12. The Hall–Kier alpha value is -1.26. The third-order valence-electron chi connectivity index (χ3n) is 4.24. The van der Waals surface area contributed by atoms with Crippen molar-refractivity contribution < 1.29 is 14.7 Å². The van der Waals surface area contributed by atoms with E-state index < -0.39 is 12.0 Å². The molecule has 0 radical (unpaired) electrons. The molecule has 0 bridgehead atoms. The zero-order chi connectivity index (χ0) is 14.6. The highest BCUT2D eigenvalue weighted by atomic mass is 16.4. The van der Waals surface area contributed by atoms with Gasteiger partial charge >= 0.3 is 12.0 Å². The first kappa shape index (κ1) is 15.8. The molecule has 5 heteroatoms. The van der Waals surface area contributed by atoms with Crippen molar-refractivity contribution in [3.63, 3.8) is 0 Å². The molecule has 0 saturated heterocycles. The van der Waals surface area contributed by atoms with E-state index in [4.69, 9.17) is 5.11 Å². The number of carboxylic acid groups (broad SMARTS) is 1. The average molecular weight is 270 g/mol. The zero-order valence-corrected chi connectivity index (χ0v) is 12.3. The molecule has 0 aliphatic heterocycles. The van der Waals surface area contributed by atoms with Crippen LogP contribution in [0, 0.1) is 17.8 Å². The van der Waals surface area contributed by atoms with E-state index in [9.17, 15) is 9.59 Å². The zero-order valence-electron chi connectivity index (χ0n) is 12.3. The van der Waals surface area contributed by atoms with Crippen LogP contribution in [0.5, 0.6) is 0 Å². The molecular formula is C14H26N2O3. The maximum absolute atomic E-state index is 11.9. The fraction of sp³-hybridized carbons (Fsp3) is 0.857. The van der Waals surface area contributed by atoms with E-state index in [-0.39, 0.29) is 18.0 Å². The van der Waals surface area contributed by atoms with Gasteiger partial charge in [-0.2, -0.15) is 0 Å². The highest BCUT2D eigenvalue weighted by Gasteiger charge is 2.30. The Bertz CT molecular complexity index is 331. The van der Waals surface area contributed by atoms with Crippen molar-refractivity contribution in [2.45, 2.75) is 59.0 Å². The lowest BCUT2D eigenvalue weighted by molar-refractivity contribution is -0.140. The van der Waals surface area contributed by atoms with Crippen LogP contribution in [-0.2, 0) is 4.79 Å². The lowest BCUT2D eigenvalue weighted by Gasteiger charge is -2.35. The molecule has 1 rings (SSSR count). The van der Waals surface area contributed by atoms with E-state index in [0.717, 1.165) is 12.8 Å². The molecule has 0 spiro atoms. The number of nitrogens with one attached hydrogen (secondary N) is 2. The van der Waals surface area contributed by atoms with Crippen LogP contribution < -0.4 is 10.6 Å². The second kappa shape index (κ2) is 6.78. The standard InChI is InChI=1S/C14H26N2O3/c1-8(2)12(13(17)18)16-14(19)15-11-7-5-6-9(3)10(11)4/h8-12H,5-7H2,1-4H3,(H,17,18)(H2,15,16,19)/t9?,10?,11?,12-/m1/s1. The van der Waals surface area contributed by atoms with Gasteiger partial charge in [-0.3, -0.25) is 0 Å². The van der Waals surface area contributed by atoms with Crippen LogP contribution in [0.1, 0.15) is 47.0 Å². The summed E-state index contributed by atoms with van der Waals surface area (Å²) < 4.78 is 0. The third kappa shape index (κ3) is 4.40. The number of rotatable bonds is 4. The molecule has 1 aliphatic rings. The van der Waals surface area contributed by atoms with Crippen molar-refractivity contribution in [2.24, 2.45) is 17.8 Å². The van der Waals surface area contributed by atoms with Crippen molar-refractivity contribution in [2.75, 3.05) is 0 Å². The minimum atomic E-state index is -0.991. The van der Waals surface area contributed by atoms with E-state index in [1.807, 2.05) is 0 Å². The molecule has 0 heterocycles. The molecule has 4 atom stereocenters. The minimum Gasteiger partial charge on any atom is -0.480 e. The van der Waals surface area contributed by atoms with Gasteiger partial charge in [0, 0.05) is 6.04 Å². The van der Waals surface area contributed by atoms with Gasteiger partial charge in [0.25, 0.3) is 0 Å². The van der Waals surface area contributed by atoms with Gasteiger partial charge < -0.3 is 15.7 Å². The molecule has 0 aromatic rings. The number of carbonyl (C=O) groups is 2. The van der Waals surface area contributed by atoms with Crippen LogP contribution in [0.3, 0.4) is 0 Å². The predicted octanol–water partition coefficient (Wildman–Crippen LogP) is 2.22. The molecule has 1 aliphatic carbocycles. The number of hydrogen-bond acceptors (Lipinski definition) is 2. The van der Waals surface area contributed by atoms with Crippen molar-refractivity contribution in [1.29, 1.82) is 0 Å². The summed E-state index contributed by atoms with van der Waals surface area (Å²) in [6.07, 6.45) is 3.28. The Morgan fingerprint density at radius 2 is 1.84 bits per heavy atom. The Kier molecular flexibility index (Phi) is 5.63. The van der Waals surface area contributed by atoms with Gasteiger partial charge in [-0.15, -0.1) is 0 Å². The first-order chi connectivity index (χ1) is 8.82. The SMILES string of the molecule is CC1CCCC(NC(=O)N[C@@H](C(=O)O)C(C)C)C1C. The van der Waals surface area contributed by atoms with Gasteiger partial charge in [-0.05, 0) is 24.2 Å². The van der Waals surface area contributed by atoms with Crippen molar-refractivity contribution >= 4 is 12.0 Å². The van der Waals surface area contributed by atoms with Crippen molar-refractivity contribution in [1.82, 2.24) is 10.6 Å². The van der Waals surface area contributed by atoms with E-state index in [1.165, 1.54) is 6.42 Å². The minimum absolute atomic E-state index is 0.133. The van der Waals surface area contributed by atoms with Gasteiger partial charge in [0.1, 0.15) is 6.04 Å². The van der Waals surface area contributed by atoms with Gasteiger partial charge in [-0.1, -0.05) is 40.5 Å². The average Bonchev–Trinajstić information content (AvgIpc) is 2.31. The maximum atomic E-state index is 11.9. The summed E-state index contributed by atoms with van der Waals surface area (Å²) in [5.74, 6) is -0.0950. The van der Waals surface area contributed by atoms with Crippen molar-refractivity contribution in [3.05, 3.63) is 0 Å². The largest absolute Gasteiger partial charge is 0.480 e. The van der Waals surface area contributed by atoms with E-state index in [2.05, 4.69) is 24.5 Å². The molecule has 1 fully saturated rings. The molecule has 0 aromatic carbocycles. The second-order valence-electron chi connectivity index (χ2n) is 6.05. The molecular weight excluding hydrogens is 244 g/mol.